The van der Waals surface area contributed by atoms with E-state index >= 15 is 0 Å². The zero-order valence-corrected chi connectivity index (χ0v) is 12.7. The molecule has 0 unspecified atom stereocenters. The fraction of sp³-hybridized carbons (Fsp3) is 0.471. The summed E-state index contributed by atoms with van der Waals surface area (Å²) < 4.78 is 42.6. The van der Waals surface area contributed by atoms with Gasteiger partial charge < -0.3 is 4.74 Å². The van der Waals surface area contributed by atoms with Gasteiger partial charge >= 0.3 is 12.1 Å². The fourth-order valence-corrected chi connectivity index (χ4v) is 1.91. The van der Waals surface area contributed by atoms with Gasteiger partial charge in [0.2, 0.25) is 0 Å². The Bertz CT molecular complexity index is 493. The molecule has 1 aromatic carbocycles. The van der Waals surface area contributed by atoms with Gasteiger partial charge in [-0.25, -0.2) is 4.79 Å². The Morgan fingerprint density at radius 1 is 1.18 bits per heavy atom. The van der Waals surface area contributed by atoms with Crippen molar-refractivity contribution in [2.24, 2.45) is 0 Å². The molecule has 0 saturated carbocycles. The molecule has 0 aliphatic heterocycles. The van der Waals surface area contributed by atoms with E-state index in [9.17, 15) is 18.0 Å². The minimum absolute atomic E-state index is 0.315. The molecule has 0 radical (unpaired) electrons. The molecular weight excluding hydrogens is 293 g/mol. The standard InChI is InChI=1S/C17H21F3O2/c1-2-3-4-5-6-12-22-16(21)11-10-14-8-7-9-15(13-14)17(18,19)20/h7-11,13H,2-6,12H2,1H3/b11-10+. The van der Waals surface area contributed by atoms with Crippen LogP contribution < -0.4 is 0 Å². The molecule has 0 atom stereocenters. The first kappa shape index (κ1) is 18.3. The molecule has 2 nitrogen and oxygen atoms in total. The topological polar surface area (TPSA) is 26.3 Å². The normalized spacial score (nSPS) is 11.8. The summed E-state index contributed by atoms with van der Waals surface area (Å²) in [6.45, 7) is 2.47. The Labute approximate surface area is 129 Å². The second-order valence-electron chi connectivity index (χ2n) is 5.04. The Kier molecular flexibility index (Phi) is 7.71. The highest BCUT2D eigenvalue weighted by atomic mass is 19.4. The van der Waals surface area contributed by atoms with Crippen molar-refractivity contribution in [1.29, 1.82) is 0 Å². The van der Waals surface area contributed by atoms with Gasteiger partial charge in [0.15, 0.2) is 0 Å². The van der Waals surface area contributed by atoms with Crippen molar-refractivity contribution >= 4 is 12.0 Å². The first-order valence-electron chi connectivity index (χ1n) is 7.45. The molecular formula is C17H21F3O2. The van der Waals surface area contributed by atoms with Crippen LogP contribution in [0, 0.1) is 0 Å². The first-order valence-corrected chi connectivity index (χ1v) is 7.45. The van der Waals surface area contributed by atoms with Gasteiger partial charge in [0.1, 0.15) is 0 Å². The van der Waals surface area contributed by atoms with Gasteiger partial charge in [-0.15, -0.1) is 0 Å². The highest BCUT2D eigenvalue weighted by Gasteiger charge is 2.30. The van der Waals surface area contributed by atoms with Gasteiger partial charge in [-0.05, 0) is 30.2 Å². The van der Waals surface area contributed by atoms with Gasteiger partial charge in [0, 0.05) is 6.08 Å². The quantitative estimate of drug-likeness (QED) is 0.373. The van der Waals surface area contributed by atoms with Gasteiger partial charge in [-0.3, -0.25) is 0 Å². The van der Waals surface area contributed by atoms with Crippen LogP contribution in [-0.2, 0) is 15.7 Å². The SMILES string of the molecule is CCCCCCCOC(=O)/C=C/c1cccc(C(F)(F)F)c1. The lowest BCUT2D eigenvalue weighted by atomic mass is 10.1. The van der Waals surface area contributed by atoms with Crippen LogP contribution in [0.15, 0.2) is 30.3 Å². The molecule has 0 spiro atoms. The number of ether oxygens (including phenoxy) is 1. The van der Waals surface area contributed by atoms with Crippen LogP contribution in [0.5, 0.6) is 0 Å². The summed E-state index contributed by atoms with van der Waals surface area (Å²) in [5, 5.41) is 0. The van der Waals surface area contributed by atoms with E-state index in [4.69, 9.17) is 4.74 Å². The number of hydrogen-bond acceptors (Lipinski definition) is 2. The largest absolute Gasteiger partial charge is 0.463 e. The molecule has 5 heteroatoms. The zero-order chi connectivity index (χ0) is 16.4. The molecule has 0 N–H and O–H groups in total. The van der Waals surface area contributed by atoms with E-state index in [0.717, 1.165) is 43.9 Å². The Hall–Kier alpha value is -1.78. The molecule has 0 heterocycles. The predicted octanol–water partition coefficient (Wildman–Crippen LogP) is 5.23. The van der Waals surface area contributed by atoms with Crippen molar-refractivity contribution in [2.45, 2.75) is 45.2 Å². The van der Waals surface area contributed by atoms with Crippen molar-refractivity contribution in [2.75, 3.05) is 6.61 Å². The lowest BCUT2D eigenvalue weighted by molar-refractivity contribution is -0.138. The van der Waals surface area contributed by atoms with E-state index in [0.29, 0.717) is 12.2 Å². The molecule has 22 heavy (non-hydrogen) atoms. The van der Waals surface area contributed by atoms with Crippen LogP contribution in [0.4, 0.5) is 13.2 Å². The van der Waals surface area contributed by atoms with Crippen molar-refractivity contribution in [3.05, 3.63) is 41.5 Å². The molecule has 0 aromatic heterocycles. The molecule has 0 fully saturated rings. The van der Waals surface area contributed by atoms with Gasteiger partial charge in [-0.2, -0.15) is 13.2 Å². The maximum absolute atomic E-state index is 12.5. The lowest BCUT2D eigenvalue weighted by Crippen LogP contribution is -2.04. The maximum Gasteiger partial charge on any atom is 0.416 e. The van der Waals surface area contributed by atoms with Gasteiger partial charge in [0.25, 0.3) is 0 Å². The number of unbranched alkanes of at least 4 members (excludes halogenated alkanes) is 4. The van der Waals surface area contributed by atoms with E-state index < -0.39 is 17.7 Å². The van der Waals surface area contributed by atoms with Crippen LogP contribution in [0.2, 0.25) is 0 Å². The number of esters is 1. The van der Waals surface area contributed by atoms with Crippen LogP contribution in [0.1, 0.15) is 50.2 Å². The Balaban J connectivity index is 2.39. The second-order valence-corrected chi connectivity index (χ2v) is 5.04. The highest BCUT2D eigenvalue weighted by molar-refractivity contribution is 5.87. The second kappa shape index (κ2) is 9.28. The molecule has 0 amide bonds. The molecule has 0 aliphatic carbocycles. The van der Waals surface area contributed by atoms with E-state index in [1.807, 2.05) is 0 Å². The van der Waals surface area contributed by atoms with Crippen molar-refractivity contribution in [3.8, 4) is 0 Å². The molecule has 0 aliphatic rings. The van der Waals surface area contributed by atoms with E-state index in [1.54, 1.807) is 0 Å². The summed E-state index contributed by atoms with van der Waals surface area (Å²) in [6.07, 6.45) is 3.36. The van der Waals surface area contributed by atoms with Gasteiger partial charge in [-0.1, -0.05) is 44.7 Å². The van der Waals surface area contributed by atoms with E-state index in [-0.39, 0.29) is 0 Å². The molecule has 0 saturated heterocycles. The summed E-state index contributed by atoms with van der Waals surface area (Å²) in [6, 6.07) is 4.80. The van der Waals surface area contributed by atoms with Crippen LogP contribution in [0.3, 0.4) is 0 Å². The predicted molar refractivity (Wildman–Crippen MR) is 80.2 cm³/mol. The number of carbonyl (C=O) groups excluding carboxylic acids is 1. The first-order chi connectivity index (χ1) is 10.4. The molecule has 0 bridgehead atoms. The number of halogens is 3. The number of rotatable bonds is 8. The van der Waals surface area contributed by atoms with Crippen LogP contribution in [0.25, 0.3) is 6.08 Å². The summed E-state index contributed by atoms with van der Waals surface area (Å²) in [7, 11) is 0. The average molecular weight is 314 g/mol. The summed E-state index contributed by atoms with van der Waals surface area (Å²) in [5.41, 5.74) is -0.423. The third kappa shape index (κ3) is 7.29. The van der Waals surface area contributed by atoms with Crippen LogP contribution in [-0.4, -0.2) is 12.6 Å². The Morgan fingerprint density at radius 2 is 1.91 bits per heavy atom. The van der Waals surface area contributed by atoms with Crippen molar-refractivity contribution < 1.29 is 22.7 Å². The lowest BCUT2D eigenvalue weighted by Gasteiger charge is -2.06. The number of alkyl halides is 3. The summed E-state index contributed by atoms with van der Waals surface area (Å²) in [4.78, 5) is 11.5. The number of carbonyl (C=O) groups is 1. The summed E-state index contributed by atoms with van der Waals surface area (Å²) >= 11 is 0. The fourth-order valence-electron chi connectivity index (χ4n) is 1.91. The third-order valence-corrected chi connectivity index (χ3v) is 3.12. The highest BCUT2D eigenvalue weighted by Crippen LogP contribution is 2.29. The maximum atomic E-state index is 12.5. The summed E-state index contributed by atoms with van der Waals surface area (Å²) in [5.74, 6) is -0.534. The number of benzene rings is 1. The van der Waals surface area contributed by atoms with Gasteiger partial charge in [0.05, 0.1) is 12.2 Å². The molecule has 1 rings (SSSR count). The third-order valence-electron chi connectivity index (χ3n) is 3.12. The Morgan fingerprint density at radius 3 is 2.59 bits per heavy atom. The minimum Gasteiger partial charge on any atom is -0.463 e. The van der Waals surface area contributed by atoms with Crippen LogP contribution >= 0.6 is 0 Å². The molecule has 122 valence electrons. The average Bonchev–Trinajstić information content (AvgIpc) is 2.48. The monoisotopic (exact) mass is 314 g/mol. The zero-order valence-electron chi connectivity index (χ0n) is 12.7. The van der Waals surface area contributed by atoms with Crippen molar-refractivity contribution in [3.63, 3.8) is 0 Å². The van der Waals surface area contributed by atoms with Crippen molar-refractivity contribution in [1.82, 2.24) is 0 Å². The minimum atomic E-state index is -4.39. The number of hydrogen-bond donors (Lipinski definition) is 0. The molecule has 1 aromatic rings. The smallest absolute Gasteiger partial charge is 0.416 e. The van der Waals surface area contributed by atoms with E-state index in [1.165, 1.54) is 24.6 Å². The van der Waals surface area contributed by atoms with E-state index in [2.05, 4.69) is 6.92 Å².